The maximum Gasteiger partial charge on any atom is 0.0591 e. The summed E-state index contributed by atoms with van der Waals surface area (Å²) in [6.45, 7) is 5.89. The van der Waals surface area contributed by atoms with Gasteiger partial charge in [-0.1, -0.05) is 19.1 Å². The molecule has 0 radical (unpaired) electrons. The lowest BCUT2D eigenvalue weighted by molar-refractivity contribution is 0.0807. The minimum Gasteiger partial charge on any atom is -0.380 e. The number of nitrogens with one attached hydrogen (secondary N) is 1. The number of halogens is 1. The van der Waals surface area contributed by atoms with E-state index in [9.17, 15) is 0 Å². The molecule has 2 unspecified atom stereocenters. The minimum atomic E-state index is 0.707. The van der Waals surface area contributed by atoms with Gasteiger partial charge in [-0.15, -0.1) is 11.3 Å². The van der Waals surface area contributed by atoms with Gasteiger partial charge in [-0.3, -0.25) is 0 Å². The standard InChI is InChI=1S/C15H22BrNOS/c1-12-4-2-3-5-13(12)10-18-7-6-17-9-15-8-14(16)11-19-15/h2-3,8,11-13,17H,4-7,9-10H2,1H3. The van der Waals surface area contributed by atoms with Gasteiger partial charge in [0.15, 0.2) is 0 Å². The molecular formula is C15H22BrNOS. The molecule has 1 heterocycles. The van der Waals surface area contributed by atoms with Crippen molar-refractivity contribution in [2.24, 2.45) is 11.8 Å². The first-order valence-corrected chi connectivity index (χ1v) is 8.59. The normalized spacial score (nSPS) is 22.8. The van der Waals surface area contributed by atoms with Gasteiger partial charge < -0.3 is 10.1 Å². The van der Waals surface area contributed by atoms with Crippen molar-refractivity contribution in [1.82, 2.24) is 5.32 Å². The monoisotopic (exact) mass is 343 g/mol. The molecule has 1 aliphatic carbocycles. The molecule has 106 valence electrons. The van der Waals surface area contributed by atoms with Gasteiger partial charge in [-0.05, 0) is 46.7 Å². The Bertz CT molecular complexity index is 405. The van der Waals surface area contributed by atoms with Gasteiger partial charge in [-0.2, -0.15) is 0 Å². The fraction of sp³-hybridized carbons (Fsp3) is 0.600. The number of ether oxygens (including phenoxy) is 1. The second kappa shape index (κ2) is 8.20. The van der Waals surface area contributed by atoms with Crippen LogP contribution in [0.5, 0.6) is 0 Å². The SMILES string of the molecule is CC1CC=CCC1COCCNCc1cc(Br)cs1. The van der Waals surface area contributed by atoms with Crippen molar-refractivity contribution in [2.75, 3.05) is 19.8 Å². The van der Waals surface area contributed by atoms with Crippen molar-refractivity contribution >= 4 is 27.3 Å². The second-order valence-electron chi connectivity index (χ2n) is 5.16. The van der Waals surface area contributed by atoms with Crippen LogP contribution in [0.3, 0.4) is 0 Å². The highest BCUT2D eigenvalue weighted by atomic mass is 79.9. The lowest BCUT2D eigenvalue weighted by atomic mass is 9.85. The van der Waals surface area contributed by atoms with E-state index in [1.54, 1.807) is 11.3 Å². The van der Waals surface area contributed by atoms with Crippen LogP contribution in [0.1, 0.15) is 24.6 Å². The third-order valence-electron chi connectivity index (χ3n) is 3.59. The highest BCUT2D eigenvalue weighted by Gasteiger charge is 2.17. The number of hydrogen-bond donors (Lipinski definition) is 1. The molecule has 0 fully saturated rings. The predicted octanol–water partition coefficient (Wildman–Crippen LogP) is 4.22. The van der Waals surface area contributed by atoms with Crippen LogP contribution in [-0.4, -0.2) is 19.8 Å². The van der Waals surface area contributed by atoms with E-state index in [1.807, 2.05) is 0 Å². The molecule has 2 nitrogen and oxygen atoms in total. The van der Waals surface area contributed by atoms with Crippen LogP contribution in [-0.2, 0) is 11.3 Å². The van der Waals surface area contributed by atoms with Gasteiger partial charge in [-0.25, -0.2) is 0 Å². The minimum absolute atomic E-state index is 0.707. The zero-order chi connectivity index (χ0) is 13.5. The van der Waals surface area contributed by atoms with Crippen LogP contribution >= 0.6 is 27.3 Å². The average molecular weight is 344 g/mol. The maximum absolute atomic E-state index is 5.78. The summed E-state index contributed by atoms with van der Waals surface area (Å²) < 4.78 is 6.96. The van der Waals surface area contributed by atoms with E-state index in [-0.39, 0.29) is 0 Å². The van der Waals surface area contributed by atoms with Crippen molar-refractivity contribution in [3.8, 4) is 0 Å². The fourth-order valence-corrected chi connectivity index (χ4v) is 3.70. The van der Waals surface area contributed by atoms with E-state index in [4.69, 9.17) is 4.74 Å². The summed E-state index contributed by atoms with van der Waals surface area (Å²) in [5.74, 6) is 1.47. The van der Waals surface area contributed by atoms with Crippen molar-refractivity contribution in [2.45, 2.75) is 26.3 Å². The topological polar surface area (TPSA) is 21.3 Å². The summed E-state index contributed by atoms with van der Waals surface area (Å²) in [5.41, 5.74) is 0. The first-order valence-electron chi connectivity index (χ1n) is 6.92. The van der Waals surface area contributed by atoms with E-state index < -0.39 is 0 Å². The molecule has 0 saturated carbocycles. The highest BCUT2D eigenvalue weighted by molar-refractivity contribution is 9.10. The smallest absolute Gasteiger partial charge is 0.0591 e. The molecule has 1 aromatic rings. The molecule has 1 aliphatic rings. The number of rotatable bonds is 7. The first kappa shape index (κ1) is 15.2. The molecule has 0 bridgehead atoms. The molecule has 0 spiro atoms. The van der Waals surface area contributed by atoms with E-state index in [2.05, 4.69) is 51.8 Å². The largest absolute Gasteiger partial charge is 0.380 e. The van der Waals surface area contributed by atoms with Crippen LogP contribution in [0, 0.1) is 11.8 Å². The molecule has 0 saturated heterocycles. The Balaban J connectivity index is 1.51. The van der Waals surface area contributed by atoms with E-state index in [0.29, 0.717) is 5.92 Å². The van der Waals surface area contributed by atoms with Crippen molar-refractivity contribution in [1.29, 1.82) is 0 Å². The maximum atomic E-state index is 5.78. The molecule has 1 aromatic heterocycles. The predicted molar refractivity (Wildman–Crippen MR) is 85.6 cm³/mol. The van der Waals surface area contributed by atoms with Crippen LogP contribution in [0.2, 0.25) is 0 Å². The van der Waals surface area contributed by atoms with Crippen LogP contribution in [0.15, 0.2) is 28.1 Å². The summed E-state index contributed by atoms with van der Waals surface area (Å²) in [5, 5.41) is 5.53. The van der Waals surface area contributed by atoms with Crippen LogP contribution in [0.25, 0.3) is 0 Å². The van der Waals surface area contributed by atoms with Gasteiger partial charge in [0, 0.05) is 27.8 Å². The molecule has 0 amide bonds. The Morgan fingerprint density at radius 2 is 2.26 bits per heavy atom. The Morgan fingerprint density at radius 1 is 1.42 bits per heavy atom. The van der Waals surface area contributed by atoms with E-state index in [1.165, 1.54) is 22.2 Å². The fourth-order valence-electron chi connectivity index (χ4n) is 2.28. The number of hydrogen-bond acceptors (Lipinski definition) is 3. The summed E-state index contributed by atoms with van der Waals surface area (Å²) >= 11 is 5.25. The first-order chi connectivity index (χ1) is 9.25. The zero-order valence-electron chi connectivity index (χ0n) is 11.4. The highest BCUT2D eigenvalue weighted by Crippen LogP contribution is 2.24. The lowest BCUT2D eigenvalue weighted by Gasteiger charge is -2.24. The van der Waals surface area contributed by atoms with Gasteiger partial charge in [0.2, 0.25) is 0 Å². The lowest BCUT2D eigenvalue weighted by Crippen LogP contribution is -2.23. The summed E-state index contributed by atoms with van der Waals surface area (Å²) in [6, 6.07) is 2.16. The van der Waals surface area contributed by atoms with Crippen LogP contribution < -0.4 is 5.32 Å². The summed E-state index contributed by atoms with van der Waals surface area (Å²) in [7, 11) is 0. The van der Waals surface area contributed by atoms with E-state index >= 15 is 0 Å². The molecule has 19 heavy (non-hydrogen) atoms. The Morgan fingerprint density at radius 3 is 3.00 bits per heavy atom. The molecule has 0 aliphatic heterocycles. The van der Waals surface area contributed by atoms with Crippen molar-refractivity contribution in [3.05, 3.63) is 32.9 Å². The summed E-state index contributed by atoms with van der Waals surface area (Å²) in [6.07, 6.45) is 6.97. The van der Waals surface area contributed by atoms with E-state index in [0.717, 1.165) is 32.2 Å². The molecular weight excluding hydrogens is 322 g/mol. The zero-order valence-corrected chi connectivity index (χ0v) is 13.8. The Hall–Kier alpha value is -0.160. The van der Waals surface area contributed by atoms with Crippen LogP contribution in [0.4, 0.5) is 0 Å². The molecule has 4 heteroatoms. The van der Waals surface area contributed by atoms with Gasteiger partial charge in [0.1, 0.15) is 0 Å². The quantitative estimate of drug-likeness (QED) is 0.591. The molecule has 0 aromatic carbocycles. The molecule has 2 rings (SSSR count). The number of thiophene rings is 1. The van der Waals surface area contributed by atoms with Crippen molar-refractivity contribution in [3.63, 3.8) is 0 Å². The molecule has 2 atom stereocenters. The summed E-state index contributed by atoms with van der Waals surface area (Å²) in [4.78, 5) is 1.36. The van der Waals surface area contributed by atoms with Crippen molar-refractivity contribution < 1.29 is 4.74 Å². The molecule has 1 N–H and O–H groups in total. The third kappa shape index (κ3) is 5.38. The third-order valence-corrected chi connectivity index (χ3v) is 5.29. The van der Waals surface area contributed by atoms with Gasteiger partial charge in [0.25, 0.3) is 0 Å². The Labute approximate surface area is 128 Å². The number of allylic oxidation sites excluding steroid dienone is 2. The second-order valence-corrected chi connectivity index (χ2v) is 7.07. The Kier molecular flexibility index (Phi) is 6.57. The average Bonchev–Trinajstić information content (AvgIpc) is 2.81. The van der Waals surface area contributed by atoms with Gasteiger partial charge in [0.05, 0.1) is 13.2 Å². The van der Waals surface area contributed by atoms with Gasteiger partial charge >= 0.3 is 0 Å².